The molecule has 140 valence electrons. The summed E-state index contributed by atoms with van der Waals surface area (Å²) in [5.41, 5.74) is 2.35. The van der Waals surface area contributed by atoms with Crippen LogP contribution < -0.4 is 14.8 Å². The summed E-state index contributed by atoms with van der Waals surface area (Å²) < 4.78 is 45.7. The summed E-state index contributed by atoms with van der Waals surface area (Å²) in [6.07, 6.45) is 0. The van der Waals surface area contributed by atoms with Gasteiger partial charge in [-0.15, -0.1) is 0 Å². The molecule has 0 fully saturated rings. The Bertz CT molecular complexity index is 909. The number of rotatable bonds is 6. The van der Waals surface area contributed by atoms with Crippen molar-refractivity contribution in [3.05, 3.63) is 53.3 Å². The number of halogens is 1. The van der Waals surface area contributed by atoms with Crippen molar-refractivity contribution in [1.82, 2.24) is 4.72 Å². The smallest absolute Gasteiger partial charge is 0.245 e. The number of benzene rings is 2. The highest BCUT2D eigenvalue weighted by atomic mass is 32.2. The molecule has 8 heteroatoms. The number of nitrogens with one attached hydrogen (secondary N) is 2. The molecule has 0 aliphatic rings. The minimum absolute atomic E-state index is 0.0127. The van der Waals surface area contributed by atoms with E-state index in [1.165, 1.54) is 20.1 Å². The summed E-state index contributed by atoms with van der Waals surface area (Å²) >= 11 is 0. The predicted molar refractivity (Wildman–Crippen MR) is 97.3 cm³/mol. The maximum absolute atomic E-state index is 13.5. The monoisotopic (exact) mass is 380 g/mol. The van der Waals surface area contributed by atoms with E-state index in [9.17, 15) is 17.6 Å². The Morgan fingerprint density at radius 3 is 2.35 bits per heavy atom. The average molecular weight is 380 g/mol. The summed E-state index contributed by atoms with van der Waals surface area (Å²) in [5, 5.41) is 2.72. The Labute approximate surface area is 152 Å². The lowest BCUT2D eigenvalue weighted by atomic mass is 10.1. The van der Waals surface area contributed by atoms with Gasteiger partial charge in [0.1, 0.15) is 16.5 Å². The fourth-order valence-electron chi connectivity index (χ4n) is 2.45. The number of carbonyl (C=O) groups excluding carboxylic acids is 1. The van der Waals surface area contributed by atoms with Crippen molar-refractivity contribution in [2.45, 2.75) is 31.7 Å². The lowest BCUT2D eigenvalue weighted by Crippen LogP contribution is -2.41. The van der Waals surface area contributed by atoms with Crippen molar-refractivity contribution < 1.29 is 22.3 Å². The molecule has 2 N–H and O–H groups in total. The van der Waals surface area contributed by atoms with Crippen LogP contribution in [0.3, 0.4) is 0 Å². The second-order valence-electron chi connectivity index (χ2n) is 5.89. The van der Waals surface area contributed by atoms with Gasteiger partial charge in [-0.2, -0.15) is 4.72 Å². The largest absolute Gasteiger partial charge is 0.495 e. The van der Waals surface area contributed by atoms with Gasteiger partial charge in [0.2, 0.25) is 15.9 Å². The Morgan fingerprint density at radius 2 is 1.77 bits per heavy atom. The summed E-state index contributed by atoms with van der Waals surface area (Å²) in [6, 6.07) is 7.62. The Morgan fingerprint density at radius 1 is 1.15 bits per heavy atom. The number of sulfonamides is 1. The van der Waals surface area contributed by atoms with Crippen molar-refractivity contribution in [2.24, 2.45) is 0 Å². The number of carbonyl (C=O) groups is 1. The van der Waals surface area contributed by atoms with Crippen LogP contribution in [0.1, 0.15) is 18.1 Å². The summed E-state index contributed by atoms with van der Waals surface area (Å²) in [5.74, 6) is -1.26. The van der Waals surface area contributed by atoms with Crippen LogP contribution in [0, 0.1) is 19.7 Å². The molecule has 1 atom stereocenters. The van der Waals surface area contributed by atoms with Gasteiger partial charge >= 0.3 is 0 Å². The van der Waals surface area contributed by atoms with E-state index < -0.39 is 27.8 Å². The van der Waals surface area contributed by atoms with Crippen LogP contribution in [0.5, 0.6) is 5.75 Å². The fraction of sp³-hybridized carbons (Fsp3) is 0.278. The van der Waals surface area contributed by atoms with E-state index in [2.05, 4.69) is 10.0 Å². The van der Waals surface area contributed by atoms with Gasteiger partial charge in [-0.25, -0.2) is 12.8 Å². The van der Waals surface area contributed by atoms with Gasteiger partial charge in [0.25, 0.3) is 0 Å². The minimum Gasteiger partial charge on any atom is -0.495 e. The number of aryl methyl sites for hydroxylation is 2. The van der Waals surface area contributed by atoms with Gasteiger partial charge in [0, 0.05) is 5.69 Å². The first kappa shape index (κ1) is 19.9. The number of hydrogen-bond acceptors (Lipinski definition) is 4. The zero-order chi connectivity index (χ0) is 19.5. The number of para-hydroxylation sites is 1. The van der Waals surface area contributed by atoms with Gasteiger partial charge in [-0.3, -0.25) is 4.79 Å². The van der Waals surface area contributed by atoms with Crippen LogP contribution in [0.15, 0.2) is 41.3 Å². The molecule has 1 amide bonds. The summed E-state index contributed by atoms with van der Waals surface area (Å²) in [6.45, 7) is 5.09. The molecule has 0 radical (unpaired) electrons. The molecule has 1 unspecified atom stereocenters. The molecule has 0 saturated carbocycles. The second-order valence-corrected chi connectivity index (χ2v) is 7.58. The Kier molecular flexibility index (Phi) is 5.99. The zero-order valence-electron chi connectivity index (χ0n) is 15.0. The topological polar surface area (TPSA) is 84.5 Å². The van der Waals surface area contributed by atoms with Crippen molar-refractivity contribution >= 4 is 21.6 Å². The van der Waals surface area contributed by atoms with E-state index in [0.717, 1.165) is 23.3 Å². The molecule has 0 heterocycles. The first-order valence-electron chi connectivity index (χ1n) is 7.88. The Balaban J connectivity index is 2.22. The number of hydrogen-bond donors (Lipinski definition) is 2. The van der Waals surface area contributed by atoms with Crippen LogP contribution in [-0.4, -0.2) is 27.5 Å². The van der Waals surface area contributed by atoms with Crippen LogP contribution in [0.4, 0.5) is 10.1 Å². The fourth-order valence-corrected chi connectivity index (χ4v) is 3.84. The molecule has 6 nitrogen and oxygen atoms in total. The molecular formula is C18H21FN2O4S. The lowest BCUT2D eigenvalue weighted by Gasteiger charge is -2.17. The number of methoxy groups -OCH3 is 1. The van der Waals surface area contributed by atoms with Gasteiger partial charge in [-0.1, -0.05) is 18.2 Å². The van der Waals surface area contributed by atoms with Gasteiger partial charge in [-0.05, 0) is 50.1 Å². The molecule has 0 spiro atoms. The number of ether oxygens (including phenoxy) is 1. The molecule has 0 saturated heterocycles. The highest BCUT2D eigenvalue weighted by molar-refractivity contribution is 7.89. The van der Waals surface area contributed by atoms with E-state index in [4.69, 9.17) is 4.74 Å². The van der Waals surface area contributed by atoms with Crippen LogP contribution in [0.25, 0.3) is 0 Å². The summed E-state index contributed by atoms with van der Waals surface area (Å²) in [7, 11) is -2.88. The van der Waals surface area contributed by atoms with Crippen LogP contribution >= 0.6 is 0 Å². The summed E-state index contributed by atoms with van der Waals surface area (Å²) in [4.78, 5) is 12.0. The lowest BCUT2D eigenvalue weighted by molar-refractivity contribution is -0.117. The SMILES string of the molecule is COc1ccc(F)cc1S(=O)(=O)NC(C)C(=O)Nc1c(C)cccc1C. The number of anilines is 1. The molecule has 2 rings (SSSR count). The van der Waals surface area contributed by atoms with E-state index in [-0.39, 0.29) is 10.6 Å². The first-order chi connectivity index (χ1) is 12.2. The molecule has 0 bridgehead atoms. The van der Waals surface area contributed by atoms with Gasteiger partial charge < -0.3 is 10.1 Å². The molecule has 2 aromatic carbocycles. The van der Waals surface area contributed by atoms with Crippen molar-refractivity contribution in [3.63, 3.8) is 0 Å². The second kappa shape index (κ2) is 7.84. The molecule has 0 aromatic heterocycles. The zero-order valence-corrected chi connectivity index (χ0v) is 15.8. The third-order valence-corrected chi connectivity index (χ3v) is 5.43. The van der Waals surface area contributed by atoms with E-state index in [1.807, 2.05) is 32.0 Å². The molecular weight excluding hydrogens is 359 g/mol. The predicted octanol–water partition coefficient (Wildman–Crippen LogP) is 2.76. The van der Waals surface area contributed by atoms with E-state index in [1.54, 1.807) is 0 Å². The van der Waals surface area contributed by atoms with Crippen molar-refractivity contribution in [3.8, 4) is 5.75 Å². The number of amides is 1. The maximum atomic E-state index is 13.5. The molecule has 2 aromatic rings. The van der Waals surface area contributed by atoms with E-state index >= 15 is 0 Å². The standard InChI is InChI=1S/C18H21FN2O4S/c1-11-6-5-7-12(2)17(11)20-18(22)13(3)21-26(23,24)16-10-14(19)8-9-15(16)25-4/h5-10,13,21H,1-4H3,(H,20,22). The van der Waals surface area contributed by atoms with Crippen LogP contribution in [-0.2, 0) is 14.8 Å². The van der Waals surface area contributed by atoms with E-state index in [0.29, 0.717) is 5.69 Å². The third kappa shape index (κ3) is 4.39. The first-order valence-corrected chi connectivity index (χ1v) is 9.37. The highest BCUT2D eigenvalue weighted by Gasteiger charge is 2.26. The quantitative estimate of drug-likeness (QED) is 0.807. The van der Waals surface area contributed by atoms with Crippen molar-refractivity contribution in [2.75, 3.05) is 12.4 Å². The maximum Gasteiger partial charge on any atom is 0.245 e. The van der Waals surface area contributed by atoms with Gasteiger partial charge in [0.15, 0.2) is 0 Å². The molecule has 26 heavy (non-hydrogen) atoms. The van der Waals surface area contributed by atoms with Crippen molar-refractivity contribution in [1.29, 1.82) is 0 Å². The van der Waals surface area contributed by atoms with Crippen LogP contribution in [0.2, 0.25) is 0 Å². The minimum atomic E-state index is -4.16. The Hall–Kier alpha value is -2.45. The van der Waals surface area contributed by atoms with Gasteiger partial charge in [0.05, 0.1) is 13.2 Å². The highest BCUT2D eigenvalue weighted by Crippen LogP contribution is 2.25. The third-order valence-electron chi connectivity index (χ3n) is 3.87. The molecule has 0 aliphatic heterocycles. The average Bonchev–Trinajstić information content (AvgIpc) is 2.57. The normalized spacial score (nSPS) is 12.5. The molecule has 0 aliphatic carbocycles.